The van der Waals surface area contributed by atoms with Crippen LogP contribution in [0.3, 0.4) is 0 Å². The van der Waals surface area contributed by atoms with Crippen molar-refractivity contribution >= 4 is 40.3 Å². The summed E-state index contributed by atoms with van der Waals surface area (Å²) < 4.78 is 5.52. The summed E-state index contributed by atoms with van der Waals surface area (Å²) in [6, 6.07) is 6.94. The third-order valence-electron chi connectivity index (χ3n) is 5.52. The van der Waals surface area contributed by atoms with Crippen molar-refractivity contribution in [2.45, 2.75) is 50.6 Å². The first kappa shape index (κ1) is 18.1. The average molecular weight is 386 g/mol. The molecule has 2 saturated heterocycles. The maximum absolute atomic E-state index is 13.0. The van der Waals surface area contributed by atoms with E-state index < -0.39 is 18.1 Å². The first-order valence-electron chi connectivity index (χ1n) is 9.10. The van der Waals surface area contributed by atoms with Crippen molar-refractivity contribution < 1.29 is 19.1 Å². The second-order valence-corrected chi connectivity index (χ2v) is 8.88. The Bertz CT molecular complexity index is 953. The van der Waals surface area contributed by atoms with E-state index in [4.69, 9.17) is 4.74 Å². The maximum atomic E-state index is 13.0. The van der Waals surface area contributed by atoms with Gasteiger partial charge < -0.3 is 14.6 Å². The van der Waals surface area contributed by atoms with E-state index in [-0.39, 0.29) is 16.6 Å². The van der Waals surface area contributed by atoms with E-state index in [0.717, 1.165) is 23.0 Å². The van der Waals surface area contributed by atoms with Gasteiger partial charge in [0.15, 0.2) is 6.10 Å². The number of ether oxygens (including phenoxy) is 1. The molecule has 1 aromatic carbocycles. The molecule has 2 aliphatic heterocycles. The van der Waals surface area contributed by atoms with E-state index in [1.807, 2.05) is 38.1 Å². The molecule has 6 nitrogen and oxygen atoms in total. The van der Waals surface area contributed by atoms with Gasteiger partial charge in [-0.1, -0.05) is 18.2 Å². The van der Waals surface area contributed by atoms with Crippen LogP contribution in [0.25, 0.3) is 10.9 Å². The molecule has 1 amide bonds. The molecule has 0 radical (unpaired) electrons. The number of thioether (sulfide) groups is 1. The molecular weight excluding hydrogens is 364 g/mol. The highest BCUT2D eigenvalue weighted by Crippen LogP contribution is 2.47. The fourth-order valence-corrected chi connectivity index (χ4v) is 5.52. The van der Waals surface area contributed by atoms with E-state index in [1.54, 1.807) is 23.6 Å². The van der Waals surface area contributed by atoms with Crippen molar-refractivity contribution in [2.75, 3.05) is 5.75 Å². The summed E-state index contributed by atoms with van der Waals surface area (Å²) in [5.74, 6) is -0.246. The summed E-state index contributed by atoms with van der Waals surface area (Å²) in [7, 11) is 0. The van der Waals surface area contributed by atoms with Gasteiger partial charge in [0.05, 0.1) is 4.87 Å². The van der Waals surface area contributed by atoms with Crippen LogP contribution in [0.15, 0.2) is 24.3 Å². The van der Waals surface area contributed by atoms with Gasteiger partial charge in [-0.3, -0.25) is 9.59 Å². The highest BCUT2D eigenvalue weighted by molar-refractivity contribution is 8.01. The summed E-state index contributed by atoms with van der Waals surface area (Å²) in [5, 5.41) is 0.821. The van der Waals surface area contributed by atoms with Crippen LogP contribution in [0.4, 0.5) is 0 Å². The van der Waals surface area contributed by atoms with Crippen molar-refractivity contribution in [3.05, 3.63) is 35.5 Å². The van der Waals surface area contributed by atoms with Crippen molar-refractivity contribution in [1.29, 1.82) is 0 Å². The molecule has 7 heteroatoms. The van der Waals surface area contributed by atoms with Crippen LogP contribution < -0.4 is 0 Å². The molecule has 142 valence electrons. The van der Waals surface area contributed by atoms with Crippen LogP contribution >= 0.6 is 11.8 Å². The lowest BCUT2D eigenvalue weighted by Gasteiger charge is -2.29. The van der Waals surface area contributed by atoms with Gasteiger partial charge in [-0.2, -0.15) is 0 Å². The Morgan fingerprint density at radius 1 is 1.37 bits per heavy atom. The number of benzene rings is 1. The topological polar surface area (TPSA) is 79.5 Å². The zero-order chi connectivity index (χ0) is 19.3. The highest BCUT2D eigenvalue weighted by atomic mass is 32.2. The largest absolute Gasteiger partial charge is 0.453 e. The van der Waals surface area contributed by atoms with Crippen LogP contribution in [0.1, 0.15) is 42.7 Å². The molecule has 2 aliphatic rings. The Hall–Kier alpha value is -2.28. The fraction of sp³-hybridized carbons (Fsp3) is 0.450. The summed E-state index contributed by atoms with van der Waals surface area (Å²) >= 11 is 1.61. The summed E-state index contributed by atoms with van der Waals surface area (Å²) in [6.45, 7) is 5.41. The molecular formula is C20H22N2O4S. The van der Waals surface area contributed by atoms with Gasteiger partial charge in [0.2, 0.25) is 11.7 Å². The monoisotopic (exact) mass is 386 g/mol. The number of aromatic amines is 1. The SMILES string of the molecule is Cc1[nH]c2ccccc2c1C(=O)[C@@H](C)OC(=O)[C@@H]1CS[C@@]2(C)CCC(=O)N12. The lowest BCUT2D eigenvalue weighted by Crippen LogP contribution is -2.47. The molecule has 2 aromatic rings. The summed E-state index contributed by atoms with van der Waals surface area (Å²) in [4.78, 5) is 42.4. The molecule has 0 bridgehead atoms. The molecule has 3 atom stereocenters. The number of H-pyrrole nitrogens is 1. The smallest absolute Gasteiger partial charge is 0.330 e. The number of aromatic nitrogens is 1. The van der Waals surface area contributed by atoms with Gasteiger partial charge in [-0.05, 0) is 33.3 Å². The molecule has 1 aromatic heterocycles. The van der Waals surface area contributed by atoms with Gasteiger partial charge >= 0.3 is 5.97 Å². The molecule has 27 heavy (non-hydrogen) atoms. The normalized spacial score (nSPS) is 25.7. The third-order valence-corrected chi connectivity index (χ3v) is 7.02. The second kappa shape index (κ2) is 6.41. The van der Waals surface area contributed by atoms with Crippen LogP contribution in [-0.2, 0) is 14.3 Å². The number of hydrogen-bond donors (Lipinski definition) is 1. The van der Waals surface area contributed by atoms with E-state index in [2.05, 4.69) is 4.98 Å². The molecule has 2 fully saturated rings. The summed E-state index contributed by atoms with van der Waals surface area (Å²) in [5.41, 5.74) is 2.18. The van der Waals surface area contributed by atoms with Gasteiger partial charge in [-0.15, -0.1) is 11.8 Å². The van der Waals surface area contributed by atoms with Crippen LogP contribution in [0, 0.1) is 6.92 Å². The number of hydrogen-bond acceptors (Lipinski definition) is 5. The lowest BCUT2D eigenvalue weighted by molar-refractivity contribution is -0.155. The minimum atomic E-state index is -0.912. The zero-order valence-corrected chi connectivity index (χ0v) is 16.4. The first-order chi connectivity index (χ1) is 12.8. The number of aryl methyl sites for hydroxylation is 1. The number of esters is 1. The number of nitrogens with zero attached hydrogens (tertiary/aromatic N) is 1. The minimum Gasteiger partial charge on any atom is -0.453 e. The quantitative estimate of drug-likeness (QED) is 0.645. The van der Waals surface area contributed by atoms with E-state index in [9.17, 15) is 14.4 Å². The van der Waals surface area contributed by atoms with E-state index >= 15 is 0 Å². The fourth-order valence-electron chi connectivity index (χ4n) is 4.10. The van der Waals surface area contributed by atoms with Crippen LogP contribution in [-0.4, -0.2) is 50.3 Å². The lowest BCUT2D eigenvalue weighted by atomic mass is 10.0. The van der Waals surface area contributed by atoms with Crippen molar-refractivity contribution in [3.63, 3.8) is 0 Å². The van der Waals surface area contributed by atoms with Crippen molar-refractivity contribution in [3.8, 4) is 0 Å². The number of nitrogens with one attached hydrogen (secondary N) is 1. The van der Waals surface area contributed by atoms with Crippen LogP contribution in [0.2, 0.25) is 0 Å². The van der Waals surface area contributed by atoms with E-state index in [1.165, 1.54) is 0 Å². The van der Waals surface area contributed by atoms with Crippen LogP contribution in [0.5, 0.6) is 0 Å². The number of ketones is 1. The Kier molecular flexibility index (Phi) is 4.29. The Morgan fingerprint density at radius 3 is 2.89 bits per heavy atom. The standard InChI is InChI=1S/C20H22N2O4S/c1-11-17(13-6-4-5-7-14(13)21-11)18(24)12(2)26-19(25)15-10-27-20(3)9-8-16(23)22(15)20/h4-7,12,15,21H,8-10H2,1-3H3/t12-,15+,20+/m1/s1. The van der Waals surface area contributed by atoms with Crippen molar-refractivity contribution in [2.24, 2.45) is 0 Å². The number of carbonyl (C=O) groups excluding carboxylic acids is 3. The van der Waals surface area contributed by atoms with Gasteiger partial charge in [-0.25, -0.2) is 4.79 Å². The maximum Gasteiger partial charge on any atom is 0.330 e. The number of Topliss-reactive ketones (excluding diaryl/α,β-unsaturated/α-hetero) is 1. The molecule has 0 aliphatic carbocycles. The van der Waals surface area contributed by atoms with Gasteiger partial charge in [0.25, 0.3) is 0 Å². The molecule has 3 heterocycles. The Balaban J connectivity index is 1.53. The molecule has 0 saturated carbocycles. The number of amides is 1. The van der Waals surface area contributed by atoms with E-state index in [0.29, 0.717) is 17.7 Å². The molecule has 0 unspecified atom stereocenters. The molecule has 4 rings (SSSR count). The van der Waals surface area contributed by atoms with Crippen molar-refractivity contribution in [1.82, 2.24) is 9.88 Å². The Morgan fingerprint density at radius 2 is 2.11 bits per heavy atom. The highest BCUT2D eigenvalue weighted by Gasteiger charge is 2.53. The predicted molar refractivity (Wildman–Crippen MR) is 104 cm³/mol. The second-order valence-electron chi connectivity index (χ2n) is 7.38. The molecule has 1 N–H and O–H groups in total. The average Bonchev–Trinajstić information content (AvgIpc) is 3.24. The summed E-state index contributed by atoms with van der Waals surface area (Å²) in [6.07, 6.45) is 0.282. The Labute approximate surface area is 161 Å². The number of rotatable bonds is 4. The minimum absolute atomic E-state index is 0.0177. The first-order valence-corrected chi connectivity index (χ1v) is 10.1. The zero-order valence-electron chi connectivity index (χ0n) is 15.6. The number of carbonyl (C=O) groups is 3. The van der Waals surface area contributed by atoms with Gasteiger partial charge in [0.1, 0.15) is 6.04 Å². The molecule has 0 spiro atoms. The van der Waals surface area contributed by atoms with Gasteiger partial charge in [0, 0.05) is 34.3 Å². The number of para-hydroxylation sites is 1. The predicted octanol–water partition coefficient (Wildman–Crippen LogP) is 3.04. The number of fused-ring (bicyclic) bond motifs is 2. The third kappa shape index (κ3) is 2.84.